The van der Waals surface area contributed by atoms with E-state index < -0.39 is 44.3 Å². The molecule has 2 aromatic rings. The third-order valence-corrected chi connectivity index (χ3v) is 8.48. The summed E-state index contributed by atoms with van der Waals surface area (Å²) in [7, 11) is -3.18. The van der Waals surface area contributed by atoms with Crippen molar-refractivity contribution in [1.82, 2.24) is 9.62 Å². The zero-order chi connectivity index (χ0) is 28.3. The highest BCUT2D eigenvalue weighted by Crippen LogP contribution is 2.35. The van der Waals surface area contributed by atoms with E-state index in [1.807, 2.05) is 26.0 Å². The maximum Gasteiger partial charge on any atom is 0.417 e. The van der Waals surface area contributed by atoms with Crippen molar-refractivity contribution in [2.24, 2.45) is 5.92 Å². The highest BCUT2D eigenvalue weighted by Gasteiger charge is 2.35. The van der Waals surface area contributed by atoms with Gasteiger partial charge >= 0.3 is 12.1 Å². The van der Waals surface area contributed by atoms with Crippen molar-refractivity contribution in [3.8, 4) is 0 Å². The molecule has 0 heterocycles. The smallest absolute Gasteiger partial charge is 0.417 e. The second-order valence-corrected chi connectivity index (χ2v) is 12.4. The van der Waals surface area contributed by atoms with E-state index in [-0.39, 0.29) is 18.6 Å². The van der Waals surface area contributed by atoms with Gasteiger partial charge in [-0.2, -0.15) is 17.5 Å². The number of nitrogens with one attached hydrogen (secondary N) is 1. The molecule has 0 spiro atoms. The summed E-state index contributed by atoms with van der Waals surface area (Å²) >= 11 is 0. The molecule has 38 heavy (non-hydrogen) atoms. The fraction of sp³-hybridized carbons (Fsp3) is 0.444. The Kier molecular flexibility index (Phi) is 9.08. The quantitative estimate of drug-likeness (QED) is 0.363. The lowest BCUT2D eigenvalue weighted by Gasteiger charge is -2.31. The molecule has 0 saturated heterocycles. The fourth-order valence-corrected chi connectivity index (χ4v) is 6.10. The summed E-state index contributed by atoms with van der Waals surface area (Å²) in [5.74, 6) is -0.986. The molecule has 0 fully saturated rings. The Balaban J connectivity index is 1.62. The summed E-state index contributed by atoms with van der Waals surface area (Å²) < 4.78 is 67.4. The van der Waals surface area contributed by atoms with Gasteiger partial charge in [-0.05, 0) is 73.9 Å². The maximum atomic E-state index is 13.5. The van der Waals surface area contributed by atoms with E-state index in [9.17, 15) is 31.5 Å². The van der Waals surface area contributed by atoms with Gasteiger partial charge in [0.1, 0.15) is 0 Å². The number of aliphatic hydroxyl groups excluding tert-OH is 1. The molecule has 2 aromatic carbocycles. The average Bonchev–Trinajstić information content (AvgIpc) is 3.22. The van der Waals surface area contributed by atoms with Gasteiger partial charge in [0.25, 0.3) is 0 Å². The molecule has 11 heteroatoms. The number of alkyl halides is 3. The van der Waals surface area contributed by atoms with Crippen molar-refractivity contribution in [2.45, 2.75) is 55.8 Å². The van der Waals surface area contributed by atoms with Gasteiger partial charge in [0.2, 0.25) is 10.0 Å². The maximum absolute atomic E-state index is 13.5. The summed E-state index contributed by atoms with van der Waals surface area (Å²) in [6.07, 6.45) is -1.89. The molecule has 7 nitrogen and oxygen atoms in total. The first-order valence-corrected chi connectivity index (χ1v) is 13.6. The molecule has 3 N–H and O–H groups in total. The van der Waals surface area contributed by atoms with Crippen molar-refractivity contribution in [1.29, 1.82) is 0 Å². The van der Waals surface area contributed by atoms with E-state index in [0.717, 1.165) is 41.8 Å². The van der Waals surface area contributed by atoms with Crippen LogP contribution in [0.5, 0.6) is 0 Å². The van der Waals surface area contributed by atoms with Crippen LogP contribution in [0, 0.1) is 5.92 Å². The van der Waals surface area contributed by atoms with Gasteiger partial charge in [0.05, 0.1) is 16.6 Å². The van der Waals surface area contributed by atoms with Gasteiger partial charge < -0.3 is 15.5 Å². The molecule has 0 amide bonds. The lowest BCUT2D eigenvalue weighted by molar-refractivity contribution is -0.138. The fourth-order valence-electron chi connectivity index (χ4n) is 4.87. The molecule has 0 unspecified atom stereocenters. The Morgan fingerprint density at radius 1 is 1.16 bits per heavy atom. The van der Waals surface area contributed by atoms with Crippen molar-refractivity contribution >= 4 is 22.1 Å². The Morgan fingerprint density at radius 2 is 1.76 bits per heavy atom. The van der Waals surface area contributed by atoms with Crippen LogP contribution in [0.15, 0.2) is 53.4 Å². The van der Waals surface area contributed by atoms with Crippen molar-refractivity contribution < 1.29 is 36.6 Å². The summed E-state index contributed by atoms with van der Waals surface area (Å²) in [6, 6.07) is 10.7. The minimum atomic E-state index is -4.90. The predicted molar refractivity (Wildman–Crippen MR) is 138 cm³/mol. The van der Waals surface area contributed by atoms with Crippen molar-refractivity contribution in [3.63, 3.8) is 0 Å². The van der Waals surface area contributed by atoms with Crippen molar-refractivity contribution in [3.05, 3.63) is 70.8 Å². The Bertz CT molecular complexity index is 1270. The second kappa shape index (κ2) is 11.6. The van der Waals surface area contributed by atoms with E-state index in [4.69, 9.17) is 5.11 Å². The highest BCUT2D eigenvalue weighted by atomic mass is 32.2. The summed E-state index contributed by atoms with van der Waals surface area (Å²) in [5.41, 5.74) is 0.617. The third-order valence-electron chi connectivity index (χ3n) is 6.66. The number of benzene rings is 2. The zero-order valence-corrected chi connectivity index (χ0v) is 22.3. The number of halogens is 3. The van der Waals surface area contributed by atoms with Crippen LogP contribution in [-0.4, -0.2) is 60.7 Å². The second-order valence-electron chi connectivity index (χ2n) is 10.4. The van der Waals surface area contributed by atoms with Gasteiger partial charge in [-0.3, -0.25) is 0 Å². The predicted octanol–water partition coefficient (Wildman–Crippen LogP) is 3.96. The average molecular weight is 555 g/mol. The first kappa shape index (κ1) is 29.8. The van der Waals surface area contributed by atoms with Crippen LogP contribution in [0.4, 0.5) is 13.2 Å². The number of aliphatic hydroxyl groups is 1. The van der Waals surface area contributed by atoms with Crippen LogP contribution >= 0.6 is 0 Å². The third kappa shape index (κ3) is 7.66. The monoisotopic (exact) mass is 554 g/mol. The number of carbonyl (C=O) groups is 1. The molecular weight excluding hydrogens is 521 g/mol. The topological polar surface area (TPSA) is 107 Å². The number of fused-ring (bicyclic) bond motifs is 1. The van der Waals surface area contributed by atoms with Crippen LogP contribution in [0.3, 0.4) is 0 Å². The van der Waals surface area contributed by atoms with Gasteiger partial charge in [-0.15, -0.1) is 0 Å². The van der Waals surface area contributed by atoms with E-state index in [1.165, 1.54) is 18.2 Å². The molecule has 0 aromatic heterocycles. The minimum absolute atomic E-state index is 0.0965. The standard InChI is InChI=1S/C27H33F3N2O5S/c1-26(2,15-18-12-20-6-4-5-7-21(20)13-18)31-16-22(33)17-32(3)38(36,37)23-10-8-19(9-11-25(34)35)24(14-23)27(28,29)30/h4-11,14,18,22,31,33H,12-13,15-17H2,1-3H3,(H,34,35)/b11-9+/t22-/m1/s1. The van der Waals surface area contributed by atoms with Crippen LogP contribution in [-0.2, 0) is 33.8 Å². The summed E-state index contributed by atoms with van der Waals surface area (Å²) in [5, 5.41) is 22.5. The molecule has 0 aliphatic heterocycles. The summed E-state index contributed by atoms with van der Waals surface area (Å²) in [4.78, 5) is 10.1. The lowest BCUT2D eigenvalue weighted by Crippen LogP contribution is -2.47. The first-order valence-electron chi connectivity index (χ1n) is 12.2. The Labute approximate surface area is 221 Å². The molecular formula is C27H33F3N2O5S. The van der Waals surface area contributed by atoms with Crippen molar-refractivity contribution in [2.75, 3.05) is 20.1 Å². The van der Waals surface area contributed by atoms with E-state index >= 15 is 0 Å². The first-order chi connectivity index (χ1) is 17.6. The lowest BCUT2D eigenvalue weighted by atomic mass is 9.88. The van der Waals surface area contributed by atoms with E-state index in [2.05, 4.69) is 17.4 Å². The largest absolute Gasteiger partial charge is 0.478 e. The van der Waals surface area contributed by atoms with Gasteiger partial charge in [0, 0.05) is 31.8 Å². The van der Waals surface area contributed by atoms with Gasteiger partial charge in [-0.25, -0.2) is 13.2 Å². The zero-order valence-electron chi connectivity index (χ0n) is 21.5. The van der Waals surface area contributed by atoms with Crippen LogP contribution < -0.4 is 5.32 Å². The Morgan fingerprint density at radius 3 is 2.32 bits per heavy atom. The number of carboxylic acid groups (broad SMARTS) is 1. The highest BCUT2D eigenvalue weighted by molar-refractivity contribution is 7.89. The molecule has 1 aliphatic rings. The van der Waals surface area contributed by atoms with E-state index in [1.54, 1.807) is 0 Å². The van der Waals surface area contributed by atoms with Crippen LogP contribution in [0.2, 0.25) is 0 Å². The molecule has 3 rings (SSSR count). The molecule has 0 radical (unpaired) electrons. The van der Waals surface area contributed by atoms with Crippen LogP contribution in [0.25, 0.3) is 6.08 Å². The molecule has 0 bridgehead atoms. The minimum Gasteiger partial charge on any atom is -0.478 e. The molecule has 208 valence electrons. The van der Waals surface area contributed by atoms with Crippen LogP contribution in [0.1, 0.15) is 42.5 Å². The van der Waals surface area contributed by atoms with E-state index in [0.29, 0.717) is 18.1 Å². The number of β-amino-alcohol motifs (C(OH)–C–C–N with tert-alkyl or cyclic N) is 1. The molecule has 1 atom stereocenters. The Hall–Kier alpha value is -2.73. The number of aliphatic carboxylic acids is 1. The number of hydrogen-bond acceptors (Lipinski definition) is 5. The van der Waals surface area contributed by atoms with Gasteiger partial charge in [-0.1, -0.05) is 30.3 Å². The van der Waals surface area contributed by atoms with Gasteiger partial charge in [0.15, 0.2) is 0 Å². The number of carboxylic acids is 1. The molecule has 1 aliphatic carbocycles. The number of likely N-dealkylation sites (N-methyl/N-ethyl adjacent to an activating group) is 1. The number of nitrogens with zero attached hydrogens (tertiary/aromatic N) is 1. The number of rotatable bonds is 11. The summed E-state index contributed by atoms with van der Waals surface area (Å²) in [6.45, 7) is 3.80. The normalized spacial score (nSPS) is 15.8. The molecule has 0 saturated carbocycles. The number of sulfonamides is 1. The number of hydrogen-bond donors (Lipinski definition) is 3. The SMILES string of the molecule is CN(C[C@H](O)CNC(C)(C)CC1Cc2ccccc2C1)S(=O)(=O)c1ccc(/C=C/C(=O)O)c(C(F)(F)F)c1.